The molecular formula is C34H40N2O9S2. The maximum absolute atomic E-state index is 14.2. The molecule has 4 rings (SSSR count). The van der Waals surface area contributed by atoms with Crippen molar-refractivity contribution in [1.29, 1.82) is 0 Å². The summed E-state index contributed by atoms with van der Waals surface area (Å²) in [5.41, 5.74) is 0.467. The first-order valence-electron chi connectivity index (χ1n) is 15.0. The number of amides is 2. The first-order chi connectivity index (χ1) is 22.3. The number of hydrogen-bond donors (Lipinski definition) is 1. The number of anilines is 1. The van der Waals surface area contributed by atoms with E-state index in [9.17, 15) is 22.8 Å². The molecule has 1 aliphatic heterocycles. The minimum Gasteiger partial charge on any atom is -0.493 e. The molecule has 3 aromatic carbocycles. The molecule has 1 N–H and O–H groups in total. The van der Waals surface area contributed by atoms with Crippen LogP contribution < -0.4 is 19.1 Å². The van der Waals surface area contributed by atoms with Gasteiger partial charge in [-0.05, 0) is 50.3 Å². The number of ether oxygens (including phenoxy) is 4. The molecule has 11 nitrogen and oxygen atoms in total. The Morgan fingerprint density at radius 3 is 2.32 bits per heavy atom. The van der Waals surface area contributed by atoms with Crippen molar-refractivity contribution in [3.63, 3.8) is 0 Å². The Balaban J connectivity index is 1.63. The summed E-state index contributed by atoms with van der Waals surface area (Å²) < 4.78 is 51.0. The van der Waals surface area contributed by atoms with E-state index < -0.39 is 52.0 Å². The van der Waals surface area contributed by atoms with Crippen molar-refractivity contribution < 1.29 is 41.7 Å². The van der Waals surface area contributed by atoms with E-state index in [4.69, 9.17) is 18.9 Å². The summed E-state index contributed by atoms with van der Waals surface area (Å²) in [6.45, 7) is 4.55. The van der Waals surface area contributed by atoms with E-state index in [0.717, 1.165) is 4.90 Å². The first kappa shape index (κ1) is 35.8. The molecule has 252 valence electrons. The van der Waals surface area contributed by atoms with Crippen LogP contribution in [0.5, 0.6) is 11.5 Å². The number of thioether (sulfide) groups is 1. The van der Waals surface area contributed by atoms with Crippen LogP contribution in [-0.4, -0.2) is 70.2 Å². The number of esters is 1. The standard InChI is InChI=1S/C34H40N2O9S2/c1-23(37)45-34(2,3)22-36-27-17-10-9-15-25(27)31(26-16-11-18-28(42-4)32(26)43-5)44-29(33(36)39)21-30(38)35-47(40,41)20-12-19-46-24-13-7-6-8-14-24/h6-11,13-18,29,31H,12,19-22H2,1-5H3,(H,35,38). The molecule has 0 saturated carbocycles. The predicted molar refractivity (Wildman–Crippen MR) is 179 cm³/mol. The number of nitrogens with one attached hydrogen (secondary N) is 1. The van der Waals surface area contributed by atoms with Crippen molar-refractivity contribution >= 4 is 45.3 Å². The zero-order chi connectivity index (χ0) is 34.2. The smallest absolute Gasteiger partial charge is 0.303 e. The summed E-state index contributed by atoms with van der Waals surface area (Å²) in [6.07, 6.45) is -2.61. The topological polar surface area (TPSA) is 138 Å². The molecule has 0 fully saturated rings. The molecule has 0 bridgehead atoms. The third-order valence-corrected chi connectivity index (χ3v) is 9.70. The van der Waals surface area contributed by atoms with Crippen molar-refractivity contribution in [3.8, 4) is 11.5 Å². The highest BCUT2D eigenvalue weighted by molar-refractivity contribution is 7.99. The number of rotatable bonds is 14. The molecule has 2 unspecified atom stereocenters. The van der Waals surface area contributed by atoms with Gasteiger partial charge in [-0.25, -0.2) is 8.42 Å². The van der Waals surface area contributed by atoms with Gasteiger partial charge in [0.1, 0.15) is 17.8 Å². The average Bonchev–Trinajstić information content (AvgIpc) is 3.12. The van der Waals surface area contributed by atoms with Gasteiger partial charge in [0, 0.05) is 22.9 Å². The van der Waals surface area contributed by atoms with Crippen LogP contribution in [0.15, 0.2) is 77.7 Å². The fourth-order valence-corrected chi connectivity index (χ4v) is 7.51. The summed E-state index contributed by atoms with van der Waals surface area (Å²) in [5.74, 6) is -0.942. The van der Waals surface area contributed by atoms with E-state index in [1.807, 2.05) is 30.3 Å². The number of sulfonamides is 1. The lowest BCUT2D eigenvalue weighted by molar-refractivity contribution is -0.153. The summed E-state index contributed by atoms with van der Waals surface area (Å²) in [4.78, 5) is 41.8. The zero-order valence-corrected chi connectivity index (χ0v) is 28.7. The SMILES string of the molecule is COc1cccc(C2OC(CC(=O)NS(=O)(=O)CCCSc3ccccc3)C(=O)N(CC(C)(C)OC(C)=O)c3ccccc32)c1OC. The summed E-state index contributed by atoms with van der Waals surface area (Å²) in [6, 6.07) is 21.9. The molecule has 2 amide bonds. The molecule has 1 heterocycles. The molecular weight excluding hydrogens is 645 g/mol. The van der Waals surface area contributed by atoms with Crippen molar-refractivity contribution in [3.05, 3.63) is 83.9 Å². The van der Waals surface area contributed by atoms with Gasteiger partial charge in [-0.1, -0.05) is 48.5 Å². The third-order valence-electron chi connectivity index (χ3n) is 7.24. The van der Waals surface area contributed by atoms with Crippen LogP contribution in [0.25, 0.3) is 0 Å². The molecule has 0 saturated heterocycles. The van der Waals surface area contributed by atoms with Gasteiger partial charge < -0.3 is 23.8 Å². The van der Waals surface area contributed by atoms with Crippen molar-refractivity contribution in [2.75, 3.05) is 37.2 Å². The quantitative estimate of drug-likeness (QED) is 0.142. The normalized spacial score (nSPS) is 16.5. The lowest BCUT2D eigenvalue weighted by Crippen LogP contribution is -2.49. The summed E-state index contributed by atoms with van der Waals surface area (Å²) >= 11 is 1.52. The zero-order valence-electron chi connectivity index (χ0n) is 27.1. The van der Waals surface area contributed by atoms with Crippen molar-refractivity contribution in [1.82, 2.24) is 4.72 Å². The Bertz CT molecular complexity index is 1680. The Labute approximate surface area is 280 Å². The van der Waals surface area contributed by atoms with Gasteiger partial charge in [0.05, 0.1) is 38.6 Å². The fraction of sp³-hybridized carbons (Fsp3) is 0.382. The first-order valence-corrected chi connectivity index (χ1v) is 17.7. The van der Waals surface area contributed by atoms with E-state index >= 15 is 0 Å². The summed E-state index contributed by atoms with van der Waals surface area (Å²) in [5, 5.41) is 0. The molecule has 0 radical (unpaired) electrons. The Morgan fingerprint density at radius 1 is 0.957 bits per heavy atom. The van der Waals surface area contributed by atoms with Crippen LogP contribution in [0.4, 0.5) is 5.69 Å². The van der Waals surface area contributed by atoms with Gasteiger partial charge in [0.2, 0.25) is 15.9 Å². The van der Waals surface area contributed by atoms with E-state index in [1.54, 1.807) is 56.3 Å². The molecule has 2 atom stereocenters. The lowest BCUT2D eigenvalue weighted by Gasteiger charge is -2.33. The van der Waals surface area contributed by atoms with Crippen LogP contribution in [0.2, 0.25) is 0 Å². The van der Waals surface area contributed by atoms with Crippen LogP contribution in [-0.2, 0) is 33.9 Å². The van der Waals surface area contributed by atoms with E-state index in [-0.39, 0.29) is 12.3 Å². The van der Waals surface area contributed by atoms with Crippen molar-refractivity contribution in [2.45, 2.75) is 56.3 Å². The van der Waals surface area contributed by atoms with Crippen molar-refractivity contribution in [2.24, 2.45) is 0 Å². The highest BCUT2D eigenvalue weighted by Crippen LogP contribution is 2.44. The van der Waals surface area contributed by atoms with Gasteiger partial charge in [-0.15, -0.1) is 11.8 Å². The minimum absolute atomic E-state index is 0.0662. The highest BCUT2D eigenvalue weighted by atomic mass is 32.2. The largest absolute Gasteiger partial charge is 0.493 e. The van der Waals surface area contributed by atoms with Crippen LogP contribution in [0.1, 0.15) is 50.8 Å². The number of para-hydroxylation sites is 2. The Hall–Kier alpha value is -4.07. The highest BCUT2D eigenvalue weighted by Gasteiger charge is 2.41. The number of nitrogens with zero attached hydrogens (tertiary/aromatic N) is 1. The monoisotopic (exact) mass is 684 g/mol. The van der Waals surface area contributed by atoms with Gasteiger partial charge in [0.15, 0.2) is 11.5 Å². The fourth-order valence-electron chi connectivity index (χ4n) is 5.39. The third kappa shape index (κ3) is 9.49. The maximum atomic E-state index is 14.2. The Morgan fingerprint density at radius 2 is 1.64 bits per heavy atom. The van der Waals surface area contributed by atoms with E-state index in [1.165, 1.54) is 37.8 Å². The lowest BCUT2D eigenvalue weighted by atomic mass is 9.97. The second-order valence-corrected chi connectivity index (χ2v) is 14.5. The molecule has 3 aromatic rings. The number of hydrogen-bond acceptors (Lipinski definition) is 10. The second-order valence-electron chi connectivity index (χ2n) is 11.5. The molecule has 47 heavy (non-hydrogen) atoms. The summed E-state index contributed by atoms with van der Waals surface area (Å²) in [7, 11) is -1.01. The number of carbonyl (C=O) groups is 3. The minimum atomic E-state index is -3.99. The van der Waals surface area contributed by atoms with E-state index in [0.29, 0.717) is 40.5 Å². The molecule has 0 aromatic heterocycles. The number of fused-ring (bicyclic) bond motifs is 1. The molecule has 13 heteroatoms. The molecule has 0 aliphatic carbocycles. The van der Waals surface area contributed by atoms with Crippen LogP contribution in [0, 0.1) is 0 Å². The number of methoxy groups -OCH3 is 2. The van der Waals surface area contributed by atoms with Crippen LogP contribution >= 0.6 is 11.8 Å². The van der Waals surface area contributed by atoms with Gasteiger partial charge in [-0.3, -0.25) is 19.1 Å². The Kier molecular flexibility index (Phi) is 11.9. The van der Waals surface area contributed by atoms with Crippen LogP contribution in [0.3, 0.4) is 0 Å². The van der Waals surface area contributed by atoms with Gasteiger partial charge in [-0.2, -0.15) is 0 Å². The van der Waals surface area contributed by atoms with Gasteiger partial charge >= 0.3 is 5.97 Å². The maximum Gasteiger partial charge on any atom is 0.303 e. The van der Waals surface area contributed by atoms with Gasteiger partial charge in [0.25, 0.3) is 5.91 Å². The molecule has 1 aliphatic rings. The second kappa shape index (κ2) is 15.7. The molecule has 0 spiro atoms. The predicted octanol–water partition coefficient (Wildman–Crippen LogP) is 4.89. The number of benzene rings is 3. The van der Waals surface area contributed by atoms with E-state index in [2.05, 4.69) is 4.72 Å². The average molecular weight is 685 g/mol. The number of carbonyl (C=O) groups excluding carboxylic acids is 3.